The fourth-order valence-corrected chi connectivity index (χ4v) is 3.50. The van der Waals surface area contributed by atoms with Gasteiger partial charge in [0.1, 0.15) is 5.52 Å². The molecule has 3 rings (SSSR count). The molecule has 1 aliphatic rings. The van der Waals surface area contributed by atoms with Crippen LogP contribution in [0.15, 0.2) is 24.7 Å². The Bertz CT molecular complexity index is 729. The van der Waals surface area contributed by atoms with E-state index in [0.717, 1.165) is 24.0 Å². The highest BCUT2D eigenvalue weighted by atomic mass is 16.2. The summed E-state index contributed by atoms with van der Waals surface area (Å²) in [6.45, 7) is 4.16. The van der Waals surface area contributed by atoms with E-state index in [4.69, 9.17) is 0 Å². The number of pyridine rings is 1. The number of amides is 1. The highest BCUT2D eigenvalue weighted by Crippen LogP contribution is 2.33. The second-order valence-corrected chi connectivity index (χ2v) is 6.90. The molecular formula is C17H24N6O. The first-order valence-corrected chi connectivity index (χ1v) is 8.23. The van der Waals surface area contributed by atoms with Crippen molar-refractivity contribution in [3.63, 3.8) is 0 Å². The molecule has 0 radical (unpaired) electrons. The van der Waals surface area contributed by atoms with Crippen LogP contribution in [0, 0.1) is 5.92 Å². The van der Waals surface area contributed by atoms with Crippen molar-refractivity contribution in [3.8, 4) is 0 Å². The lowest BCUT2D eigenvalue weighted by atomic mass is 9.78. The minimum absolute atomic E-state index is 0.00440. The molecule has 0 unspecified atom stereocenters. The van der Waals surface area contributed by atoms with Gasteiger partial charge >= 0.3 is 0 Å². The first-order valence-electron chi connectivity index (χ1n) is 8.23. The number of fused-ring (bicyclic) bond motifs is 1. The van der Waals surface area contributed by atoms with Crippen LogP contribution in [0.3, 0.4) is 0 Å². The third kappa shape index (κ3) is 3.37. The maximum absolute atomic E-state index is 12.5. The highest BCUT2D eigenvalue weighted by Gasteiger charge is 2.39. The Labute approximate surface area is 141 Å². The maximum atomic E-state index is 12.5. The second-order valence-electron chi connectivity index (χ2n) is 6.90. The monoisotopic (exact) mass is 328 g/mol. The van der Waals surface area contributed by atoms with Gasteiger partial charge in [0.25, 0.3) is 0 Å². The molecule has 3 heterocycles. The van der Waals surface area contributed by atoms with Gasteiger partial charge in [-0.1, -0.05) is 6.92 Å². The number of aromatic nitrogens is 3. The van der Waals surface area contributed by atoms with Crippen LogP contribution in [0.1, 0.15) is 18.9 Å². The standard InChI is InChI=1S/C17H24N6O/c1-12-8-17(11-18-9-12,22-14(24)10-23(2)3)13-4-5-20-16-15(13)19-6-7-21-16/h4-7,12,18H,8-11H2,1-3H3,(H,22,24)/t12-,17-/m0/s1. The van der Waals surface area contributed by atoms with Gasteiger partial charge in [-0.15, -0.1) is 0 Å². The first kappa shape index (κ1) is 16.7. The maximum Gasteiger partial charge on any atom is 0.234 e. The predicted octanol–water partition coefficient (Wildman–Crippen LogP) is 0.527. The summed E-state index contributed by atoms with van der Waals surface area (Å²) in [6, 6.07) is 1.95. The lowest BCUT2D eigenvalue weighted by molar-refractivity contribution is -0.124. The van der Waals surface area contributed by atoms with Crippen LogP contribution in [0.25, 0.3) is 11.2 Å². The number of carbonyl (C=O) groups excluding carboxylic acids is 1. The summed E-state index contributed by atoms with van der Waals surface area (Å²) >= 11 is 0. The van der Waals surface area contributed by atoms with E-state index in [-0.39, 0.29) is 5.91 Å². The Hall–Kier alpha value is -2.12. The first-order chi connectivity index (χ1) is 11.5. The second kappa shape index (κ2) is 6.78. The summed E-state index contributed by atoms with van der Waals surface area (Å²) in [7, 11) is 3.78. The van der Waals surface area contributed by atoms with Crippen LogP contribution >= 0.6 is 0 Å². The van der Waals surface area contributed by atoms with E-state index in [0.29, 0.717) is 24.7 Å². The van der Waals surface area contributed by atoms with Crippen molar-refractivity contribution in [3.05, 3.63) is 30.2 Å². The van der Waals surface area contributed by atoms with Crippen LogP contribution in [0.5, 0.6) is 0 Å². The molecule has 2 aromatic heterocycles. The fourth-order valence-electron chi connectivity index (χ4n) is 3.50. The molecule has 0 bridgehead atoms. The molecule has 7 nitrogen and oxygen atoms in total. The quantitative estimate of drug-likeness (QED) is 0.852. The molecular weight excluding hydrogens is 304 g/mol. The zero-order valence-electron chi connectivity index (χ0n) is 14.4. The fraction of sp³-hybridized carbons (Fsp3) is 0.529. The number of nitrogens with zero attached hydrogens (tertiary/aromatic N) is 4. The zero-order chi connectivity index (χ0) is 17.2. The Kier molecular flexibility index (Phi) is 4.73. The SMILES string of the molecule is C[C@@H]1CNC[C@](NC(=O)CN(C)C)(c2ccnc3nccnc23)C1. The molecule has 7 heteroatoms. The number of carbonyl (C=O) groups is 1. The number of hydrogen-bond acceptors (Lipinski definition) is 6. The third-order valence-electron chi connectivity index (χ3n) is 4.34. The van der Waals surface area contributed by atoms with Crippen molar-refractivity contribution in [2.45, 2.75) is 18.9 Å². The van der Waals surface area contributed by atoms with Gasteiger partial charge in [-0.05, 0) is 39.0 Å². The van der Waals surface area contributed by atoms with E-state index < -0.39 is 5.54 Å². The smallest absolute Gasteiger partial charge is 0.234 e. The average Bonchev–Trinajstić information content (AvgIpc) is 2.53. The lowest BCUT2D eigenvalue weighted by Crippen LogP contribution is -2.58. The van der Waals surface area contributed by atoms with Gasteiger partial charge in [0.15, 0.2) is 5.65 Å². The normalized spacial score (nSPS) is 24.2. The van der Waals surface area contributed by atoms with E-state index in [1.165, 1.54) is 0 Å². The Morgan fingerprint density at radius 2 is 2.08 bits per heavy atom. The topological polar surface area (TPSA) is 83.0 Å². The minimum Gasteiger partial charge on any atom is -0.344 e. The van der Waals surface area contributed by atoms with Crippen molar-refractivity contribution in [2.24, 2.45) is 5.92 Å². The largest absolute Gasteiger partial charge is 0.344 e. The molecule has 2 N–H and O–H groups in total. The van der Waals surface area contributed by atoms with Crippen LogP contribution < -0.4 is 10.6 Å². The van der Waals surface area contributed by atoms with E-state index in [1.54, 1.807) is 18.6 Å². The van der Waals surface area contributed by atoms with Crippen LogP contribution in [-0.2, 0) is 10.3 Å². The zero-order valence-corrected chi connectivity index (χ0v) is 14.4. The molecule has 1 fully saturated rings. The van der Waals surface area contributed by atoms with E-state index >= 15 is 0 Å². The summed E-state index contributed by atoms with van der Waals surface area (Å²) < 4.78 is 0. The van der Waals surface area contributed by atoms with Crippen LogP contribution in [0.2, 0.25) is 0 Å². The van der Waals surface area contributed by atoms with Crippen molar-refractivity contribution in [1.29, 1.82) is 0 Å². The average molecular weight is 328 g/mol. The van der Waals surface area contributed by atoms with Gasteiger partial charge in [0, 0.05) is 30.7 Å². The number of likely N-dealkylation sites (N-methyl/N-ethyl adjacent to an activating group) is 1. The van der Waals surface area contributed by atoms with Crippen molar-refractivity contribution in [1.82, 2.24) is 30.5 Å². The van der Waals surface area contributed by atoms with E-state index in [2.05, 4.69) is 32.5 Å². The molecule has 0 saturated carbocycles. The number of nitrogens with one attached hydrogen (secondary N) is 2. The van der Waals surface area contributed by atoms with Gasteiger partial charge in [-0.3, -0.25) is 9.78 Å². The number of rotatable bonds is 4. The van der Waals surface area contributed by atoms with Crippen molar-refractivity contribution < 1.29 is 4.79 Å². The molecule has 1 saturated heterocycles. The van der Waals surface area contributed by atoms with E-state index in [1.807, 2.05) is 25.1 Å². The van der Waals surface area contributed by atoms with E-state index in [9.17, 15) is 4.79 Å². The van der Waals surface area contributed by atoms with Gasteiger partial charge in [-0.2, -0.15) is 0 Å². The molecule has 2 aromatic rings. The molecule has 1 aliphatic heterocycles. The number of hydrogen-bond donors (Lipinski definition) is 2. The summed E-state index contributed by atoms with van der Waals surface area (Å²) in [6.07, 6.45) is 5.90. The summed E-state index contributed by atoms with van der Waals surface area (Å²) in [5.74, 6) is 0.447. The van der Waals surface area contributed by atoms with Gasteiger partial charge in [-0.25, -0.2) is 9.97 Å². The Balaban J connectivity index is 2.05. The Morgan fingerprint density at radius 3 is 2.83 bits per heavy atom. The number of piperidine rings is 1. The van der Waals surface area contributed by atoms with Crippen LogP contribution in [-0.4, -0.2) is 59.5 Å². The minimum atomic E-state index is -0.498. The third-order valence-corrected chi connectivity index (χ3v) is 4.34. The molecule has 128 valence electrons. The Morgan fingerprint density at radius 1 is 1.33 bits per heavy atom. The summed E-state index contributed by atoms with van der Waals surface area (Å²) in [4.78, 5) is 27.5. The highest BCUT2D eigenvalue weighted by molar-refractivity contribution is 5.81. The van der Waals surface area contributed by atoms with Crippen molar-refractivity contribution >= 4 is 17.1 Å². The van der Waals surface area contributed by atoms with Crippen molar-refractivity contribution in [2.75, 3.05) is 33.7 Å². The lowest BCUT2D eigenvalue weighted by Gasteiger charge is -2.42. The van der Waals surface area contributed by atoms with Gasteiger partial charge < -0.3 is 15.5 Å². The summed E-state index contributed by atoms with van der Waals surface area (Å²) in [5.41, 5.74) is 1.84. The molecule has 1 amide bonds. The molecule has 0 aliphatic carbocycles. The predicted molar refractivity (Wildman–Crippen MR) is 92.4 cm³/mol. The van der Waals surface area contributed by atoms with Crippen LogP contribution in [0.4, 0.5) is 0 Å². The molecule has 2 atom stereocenters. The summed E-state index contributed by atoms with van der Waals surface area (Å²) in [5, 5.41) is 6.71. The van der Waals surface area contributed by atoms with Gasteiger partial charge in [0.2, 0.25) is 5.91 Å². The van der Waals surface area contributed by atoms with Gasteiger partial charge in [0.05, 0.1) is 12.1 Å². The molecule has 0 spiro atoms. The molecule has 24 heavy (non-hydrogen) atoms. The molecule has 0 aromatic carbocycles.